The lowest BCUT2D eigenvalue weighted by Crippen LogP contribution is -2.23. The summed E-state index contributed by atoms with van der Waals surface area (Å²) in [5.74, 6) is -2.24. The van der Waals surface area contributed by atoms with Crippen molar-refractivity contribution in [2.24, 2.45) is 7.05 Å². The molecule has 0 aliphatic heterocycles. The number of aromatic nitrogens is 2. The van der Waals surface area contributed by atoms with Gasteiger partial charge in [-0.25, -0.2) is 9.78 Å². The number of aromatic carboxylic acids is 1. The van der Waals surface area contributed by atoms with Crippen molar-refractivity contribution >= 4 is 35.4 Å². The number of aromatic hydroxyl groups is 1. The van der Waals surface area contributed by atoms with Crippen molar-refractivity contribution < 1.29 is 15.0 Å². The van der Waals surface area contributed by atoms with Crippen molar-refractivity contribution in [3.63, 3.8) is 0 Å². The van der Waals surface area contributed by atoms with Crippen LogP contribution in [0, 0.1) is 0 Å². The highest BCUT2D eigenvalue weighted by molar-refractivity contribution is 7.14. The normalized spacial score (nSPS) is 9.95. The maximum absolute atomic E-state index is 11.7. The lowest BCUT2D eigenvalue weighted by atomic mass is 10.3. The zero-order valence-corrected chi connectivity index (χ0v) is 11.3. The SMILES string of the molecule is Cl.Cn1c(-c2sccc2N)nc(C(=O)O)c(O)c1=O. The van der Waals surface area contributed by atoms with Gasteiger partial charge in [0.15, 0.2) is 11.5 Å². The van der Waals surface area contributed by atoms with Gasteiger partial charge < -0.3 is 15.9 Å². The number of hydrogen-bond donors (Lipinski definition) is 3. The van der Waals surface area contributed by atoms with Crippen LogP contribution in [0.1, 0.15) is 10.5 Å². The Morgan fingerprint density at radius 1 is 1.53 bits per heavy atom. The van der Waals surface area contributed by atoms with Crippen LogP contribution in [-0.2, 0) is 7.05 Å². The molecule has 0 atom stereocenters. The number of thiophene rings is 1. The molecule has 2 heterocycles. The highest BCUT2D eigenvalue weighted by Crippen LogP contribution is 2.30. The molecule has 0 amide bonds. The molecule has 9 heteroatoms. The minimum absolute atomic E-state index is 0. The molecule has 4 N–H and O–H groups in total. The number of nitrogens with two attached hydrogens (primary N) is 1. The van der Waals surface area contributed by atoms with Gasteiger partial charge in [-0.3, -0.25) is 9.36 Å². The predicted octanol–water partition coefficient (Wildman–Crippen LogP) is 0.917. The number of rotatable bonds is 2. The number of nitrogen functional groups attached to an aromatic ring is 1. The van der Waals surface area contributed by atoms with Gasteiger partial charge in [0, 0.05) is 7.05 Å². The van der Waals surface area contributed by atoms with Crippen molar-refractivity contribution in [2.75, 3.05) is 5.73 Å². The fourth-order valence-corrected chi connectivity index (χ4v) is 2.29. The lowest BCUT2D eigenvalue weighted by molar-refractivity contribution is 0.0686. The van der Waals surface area contributed by atoms with Gasteiger partial charge in [0.1, 0.15) is 0 Å². The quantitative estimate of drug-likeness (QED) is 0.759. The Bertz CT molecular complexity index is 695. The maximum Gasteiger partial charge on any atom is 0.358 e. The number of halogens is 1. The van der Waals surface area contributed by atoms with E-state index in [1.165, 1.54) is 18.4 Å². The van der Waals surface area contributed by atoms with Crippen molar-refractivity contribution in [1.29, 1.82) is 0 Å². The summed E-state index contributed by atoms with van der Waals surface area (Å²) < 4.78 is 1.06. The molecule has 102 valence electrons. The maximum atomic E-state index is 11.7. The first-order chi connectivity index (χ1) is 8.43. The van der Waals surface area contributed by atoms with Gasteiger partial charge in [0.25, 0.3) is 5.56 Å². The van der Waals surface area contributed by atoms with E-state index in [1.807, 2.05) is 0 Å². The summed E-state index contributed by atoms with van der Waals surface area (Å²) in [5, 5.41) is 20.0. The van der Waals surface area contributed by atoms with E-state index in [0.717, 1.165) is 4.57 Å². The molecule has 7 nitrogen and oxygen atoms in total. The molecular weight excluding hydrogens is 294 g/mol. The van der Waals surface area contributed by atoms with E-state index in [4.69, 9.17) is 10.8 Å². The summed E-state index contributed by atoms with van der Waals surface area (Å²) >= 11 is 1.23. The third kappa shape index (κ3) is 2.40. The van der Waals surface area contributed by atoms with Crippen molar-refractivity contribution in [1.82, 2.24) is 9.55 Å². The molecule has 2 aromatic heterocycles. The van der Waals surface area contributed by atoms with E-state index in [-0.39, 0.29) is 18.2 Å². The summed E-state index contributed by atoms with van der Waals surface area (Å²) in [6.07, 6.45) is 0. The molecule has 0 bridgehead atoms. The van der Waals surface area contributed by atoms with Crippen LogP contribution in [0.2, 0.25) is 0 Å². The molecule has 0 radical (unpaired) electrons. The van der Waals surface area contributed by atoms with Crippen molar-refractivity contribution in [2.45, 2.75) is 0 Å². The first kappa shape index (κ1) is 15.0. The largest absolute Gasteiger partial charge is 0.501 e. The molecule has 0 aliphatic rings. The summed E-state index contributed by atoms with van der Waals surface area (Å²) in [7, 11) is 1.38. The topological polar surface area (TPSA) is 118 Å². The van der Waals surface area contributed by atoms with E-state index in [0.29, 0.717) is 10.6 Å². The summed E-state index contributed by atoms with van der Waals surface area (Å²) in [4.78, 5) is 26.9. The van der Waals surface area contributed by atoms with Crippen LogP contribution < -0.4 is 11.3 Å². The van der Waals surface area contributed by atoms with Gasteiger partial charge in [-0.05, 0) is 11.4 Å². The fraction of sp³-hybridized carbons (Fsp3) is 0.100. The Balaban J connectivity index is 0.00000180. The van der Waals surface area contributed by atoms with Crippen LogP contribution in [0.3, 0.4) is 0 Å². The first-order valence-electron chi connectivity index (χ1n) is 4.80. The Morgan fingerprint density at radius 2 is 2.16 bits per heavy atom. The molecule has 0 aliphatic carbocycles. The van der Waals surface area contributed by atoms with Crippen molar-refractivity contribution in [3.8, 4) is 16.5 Å². The van der Waals surface area contributed by atoms with Crippen LogP contribution in [0.4, 0.5) is 5.69 Å². The molecule has 0 saturated heterocycles. The highest BCUT2D eigenvalue weighted by Gasteiger charge is 2.21. The van der Waals surface area contributed by atoms with Gasteiger partial charge in [0.05, 0.1) is 10.6 Å². The summed E-state index contributed by atoms with van der Waals surface area (Å²) in [6, 6.07) is 1.62. The molecule has 0 aromatic carbocycles. The molecule has 2 aromatic rings. The third-order valence-corrected chi connectivity index (χ3v) is 3.29. The van der Waals surface area contributed by atoms with Gasteiger partial charge in [-0.15, -0.1) is 23.7 Å². The van der Waals surface area contributed by atoms with E-state index in [2.05, 4.69) is 4.98 Å². The number of carboxylic acids is 1. The smallest absolute Gasteiger partial charge is 0.358 e. The van der Waals surface area contributed by atoms with Crippen molar-refractivity contribution in [3.05, 3.63) is 27.5 Å². The zero-order valence-electron chi connectivity index (χ0n) is 9.65. The number of nitrogens with zero attached hydrogens (tertiary/aromatic N) is 2. The predicted molar refractivity (Wildman–Crippen MR) is 73.1 cm³/mol. The van der Waals surface area contributed by atoms with Crippen LogP contribution in [0.15, 0.2) is 16.2 Å². The fourth-order valence-electron chi connectivity index (χ4n) is 1.44. The Kier molecular flexibility index (Phi) is 4.17. The Labute approximate surface area is 117 Å². The molecular formula is C10H10ClN3O4S. The Hall–Kier alpha value is -2.06. The molecule has 0 spiro atoms. The summed E-state index contributed by atoms with van der Waals surface area (Å²) in [5.41, 5.74) is 4.59. The number of carbonyl (C=O) groups is 1. The van der Waals surface area contributed by atoms with E-state index >= 15 is 0 Å². The standard InChI is InChI=1S/C10H9N3O4S.ClH/c1-13-8(7-4(11)2-3-18-7)12-5(10(16)17)6(14)9(13)15;/h2-3,14H,11H2,1H3,(H,16,17);1H. The molecule has 2 rings (SSSR count). The van der Waals surface area contributed by atoms with E-state index < -0.39 is 23.0 Å². The van der Waals surface area contributed by atoms with Gasteiger partial charge in [-0.2, -0.15) is 0 Å². The van der Waals surface area contributed by atoms with E-state index in [1.54, 1.807) is 11.4 Å². The Morgan fingerprint density at radius 3 is 2.63 bits per heavy atom. The van der Waals surface area contributed by atoms with Gasteiger partial charge >= 0.3 is 5.97 Å². The monoisotopic (exact) mass is 303 g/mol. The molecule has 0 fully saturated rings. The molecule has 19 heavy (non-hydrogen) atoms. The number of anilines is 1. The highest BCUT2D eigenvalue weighted by atomic mass is 35.5. The average molecular weight is 304 g/mol. The van der Waals surface area contributed by atoms with Gasteiger partial charge in [0.2, 0.25) is 5.75 Å². The average Bonchev–Trinajstić information content (AvgIpc) is 2.72. The third-order valence-electron chi connectivity index (χ3n) is 2.37. The number of carboxylic acid groups (broad SMARTS) is 1. The van der Waals surface area contributed by atoms with Crippen LogP contribution in [0.25, 0.3) is 10.7 Å². The lowest BCUT2D eigenvalue weighted by Gasteiger charge is -2.08. The van der Waals surface area contributed by atoms with Crippen LogP contribution >= 0.6 is 23.7 Å². The zero-order chi connectivity index (χ0) is 13.4. The second kappa shape index (κ2) is 5.29. The van der Waals surface area contributed by atoms with E-state index in [9.17, 15) is 14.7 Å². The minimum Gasteiger partial charge on any atom is -0.501 e. The molecule has 0 saturated carbocycles. The van der Waals surface area contributed by atoms with Crippen LogP contribution in [0.5, 0.6) is 5.75 Å². The second-order valence-electron chi connectivity index (χ2n) is 3.51. The summed E-state index contributed by atoms with van der Waals surface area (Å²) in [6.45, 7) is 0. The molecule has 0 unspecified atom stereocenters. The first-order valence-corrected chi connectivity index (χ1v) is 5.68. The second-order valence-corrected chi connectivity index (χ2v) is 4.42. The van der Waals surface area contributed by atoms with Gasteiger partial charge in [-0.1, -0.05) is 0 Å². The minimum atomic E-state index is -1.47. The number of hydrogen-bond acceptors (Lipinski definition) is 6. The van der Waals surface area contributed by atoms with Crippen LogP contribution in [-0.4, -0.2) is 25.7 Å².